The minimum absolute atomic E-state index is 0.339. The van der Waals surface area contributed by atoms with Gasteiger partial charge >= 0.3 is 0 Å². The van der Waals surface area contributed by atoms with Crippen molar-refractivity contribution in [2.24, 2.45) is 5.73 Å². The second-order valence-corrected chi connectivity index (χ2v) is 4.12. The van der Waals surface area contributed by atoms with Crippen LogP contribution in [0.4, 0.5) is 11.4 Å². The molecule has 5 nitrogen and oxygen atoms in total. The van der Waals surface area contributed by atoms with E-state index in [9.17, 15) is 4.79 Å². The molecule has 0 aliphatic carbocycles. The lowest BCUT2D eigenvalue weighted by molar-refractivity contribution is 0.100. The predicted molar refractivity (Wildman–Crippen MR) is 70.2 cm³/mol. The number of amides is 1. The molecule has 2 aromatic rings. The summed E-state index contributed by atoms with van der Waals surface area (Å²) < 4.78 is 5.01. The highest BCUT2D eigenvalue weighted by Gasteiger charge is 2.09. The topological polar surface area (TPSA) is 85.5 Å². The van der Waals surface area contributed by atoms with Gasteiger partial charge in [0.2, 0.25) is 0 Å². The molecule has 1 aromatic carbocycles. The van der Waals surface area contributed by atoms with Crippen LogP contribution in [-0.4, -0.2) is 13.0 Å². The molecule has 94 valence electrons. The summed E-state index contributed by atoms with van der Waals surface area (Å²) in [7, 11) is 1.92. The average molecular weight is 245 g/mol. The number of rotatable bonds is 4. The number of anilines is 2. The third kappa shape index (κ3) is 2.45. The van der Waals surface area contributed by atoms with Crippen LogP contribution in [0.2, 0.25) is 0 Å². The minimum atomic E-state index is -0.522. The second-order valence-electron chi connectivity index (χ2n) is 4.12. The molecule has 0 radical (unpaired) electrons. The number of carbonyl (C=O) groups is 1. The highest BCUT2D eigenvalue weighted by Crippen LogP contribution is 2.21. The molecule has 1 amide bonds. The molecule has 4 N–H and O–H groups in total. The van der Waals surface area contributed by atoms with Gasteiger partial charge in [0.25, 0.3) is 5.91 Å². The molecule has 0 unspecified atom stereocenters. The first-order chi connectivity index (χ1) is 8.58. The first-order valence-corrected chi connectivity index (χ1v) is 5.49. The van der Waals surface area contributed by atoms with Crippen molar-refractivity contribution in [3.63, 3.8) is 0 Å². The number of nitrogens with zero attached hydrogens (tertiary/aromatic N) is 1. The van der Waals surface area contributed by atoms with E-state index in [4.69, 9.17) is 15.9 Å². The summed E-state index contributed by atoms with van der Waals surface area (Å²) >= 11 is 0. The van der Waals surface area contributed by atoms with E-state index >= 15 is 0 Å². The Labute approximate surface area is 105 Å². The number of hydrogen-bond acceptors (Lipinski definition) is 4. The van der Waals surface area contributed by atoms with Crippen LogP contribution in [-0.2, 0) is 6.54 Å². The highest BCUT2D eigenvalue weighted by atomic mass is 16.3. The zero-order valence-corrected chi connectivity index (χ0v) is 10.1. The van der Waals surface area contributed by atoms with Crippen molar-refractivity contribution >= 4 is 17.3 Å². The number of benzene rings is 1. The molecule has 1 heterocycles. The predicted octanol–water partition coefficient (Wildman–Crippen LogP) is 1.60. The molecule has 0 aliphatic heterocycles. The number of nitrogens with two attached hydrogens (primary N) is 2. The normalized spacial score (nSPS) is 10.3. The van der Waals surface area contributed by atoms with Gasteiger partial charge in [0, 0.05) is 30.5 Å². The van der Waals surface area contributed by atoms with Crippen LogP contribution in [0.15, 0.2) is 41.2 Å². The fraction of sp³-hybridized carbons (Fsp3) is 0.154. The number of primary amides is 1. The van der Waals surface area contributed by atoms with Gasteiger partial charge in [0.05, 0.1) is 18.1 Å². The van der Waals surface area contributed by atoms with Crippen molar-refractivity contribution in [2.45, 2.75) is 6.54 Å². The van der Waals surface area contributed by atoms with E-state index in [-0.39, 0.29) is 0 Å². The van der Waals surface area contributed by atoms with Gasteiger partial charge in [-0.05, 0) is 24.3 Å². The van der Waals surface area contributed by atoms with Gasteiger partial charge in [-0.25, -0.2) is 0 Å². The van der Waals surface area contributed by atoms with E-state index in [1.807, 2.05) is 24.1 Å². The zero-order chi connectivity index (χ0) is 13.1. The lowest BCUT2D eigenvalue weighted by Gasteiger charge is -2.19. The van der Waals surface area contributed by atoms with Crippen LogP contribution in [0.3, 0.4) is 0 Å². The average Bonchev–Trinajstić information content (AvgIpc) is 2.81. The van der Waals surface area contributed by atoms with Gasteiger partial charge in [0.15, 0.2) is 0 Å². The van der Waals surface area contributed by atoms with Gasteiger partial charge < -0.3 is 20.8 Å². The van der Waals surface area contributed by atoms with Crippen molar-refractivity contribution in [3.8, 4) is 0 Å². The molecule has 0 aliphatic rings. The summed E-state index contributed by atoms with van der Waals surface area (Å²) in [5.74, 6) is -0.522. The van der Waals surface area contributed by atoms with E-state index in [2.05, 4.69) is 0 Å². The third-order valence-corrected chi connectivity index (χ3v) is 2.74. The smallest absolute Gasteiger partial charge is 0.250 e. The lowest BCUT2D eigenvalue weighted by Crippen LogP contribution is -2.18. The molecule has 0 saturated heterocycles. The fourth-order valence-corrected chi connectivity index (χ4v) is 1.74. The fourth-order valence-electron chi connectivity index (χ4n) is 1.74. The van der Waals surface area contributed by atoms with Gasteiger partial charge in [0.1, 0.15) is 0 Å². The summed E-state index contributed by atoms with van der Waals surface area (Å²) in [5.41, 5.74) is 13.6. The Kier molecular flexibility index (Phi) is 3.23. The van der Waals surface area contributed by atoms with Crippen LogP contribution in [0.1, 0.15) is 15.9 Å². The Morgan fingerprint density at radius 3 is 2.78 bits per heavy atom. The van der Waals surface area contributed by atoms with E-state index < -0.39 is 5.91 Å². The summed E-state index contributed by atoms with van der Waals surface area (Å²) in [4.78, 5) is 13.2. The second kappa shape index (κ2) is 4.83. The maximum Gasteiger partial charge on any atom is 0.250 e. The molecule has 0 spiro atoms. The number of furan rings is 1. The Hall–Kier alpha value is -2.43. The van der Waals surface area contributed by atoms with Crippen molar-refractivity contribution < 1.29 is 9.21 Å². The lowest BCUT2D eigenvalue weighted by atomic mass is 10.1. The largest absolute Gasteiger partial charge is 0.472 e. The van der Waals surface area contributed by atoms with E-state index in [0.29, 0.717) is 17.8 Å². The standard InChI is InChI=1S/C13H15N3O2/c1-16(7-9-4-5-18-8-9)10-2-3-12(14)11(6-10)13(15)17/h2-6,8H,7,14H2,1H3,(H2,15,17). The van der Waals surface area contributed by atoms with E-state index in [1.54, 1.807) is 24.7 Å². The molecular formula is C13H15N3O2. The first-order valence-electron chi connectivity index (χ1n) is 5.49. The maximum absolute atomic E-state index is 11.2. The van der Waals surface area contributed by atoms with E-state index in [1.165, 1.54) is 0 Å². The minimum Gasteiger partial charge on any atom is -0.472 e. The monoisotopic (exact) mass is 245 g/mol. The van der Waals surface area contributed by atoms with Crippen LogP contribution in [0.5, 0.6) is 0 Å². The highest BCUT2D eigenvalue weighted by molar-refractivity contribution is 5.99. The zero-order valence-electron chi connectivity index (χ0n) is 10.1. The van der Waals surface area contributed by atoms with Crippen LogP contribution in [0, 0.1) is 0 Å². The van der Waals surface area contributed by atoms with Gasteiger partial charge in [-0.15, -0.1) is 0 Å². The summed E-state index contributed by atoms with van der Waals surface area (Å²) in [6, 6.07) is 7.11. The Morgan fingerprint density at radius 2 is 2.17 bits per heavy atom. The summed E-state index contributed by atoms with van der Waals surface area (Å²) in [6.07, 6.45) is 3.31. The van der Waals surface area contributed by atoms with Gasteiger partial charge in [-0.3, -0.25) is 4.79 Å². The first kappa shape index (κ1) is 12.0. The molecule has 5 heteroatoms. The van der Waals surface area contributed by atoms with Gasteiger partial charge in [-0.2, -0.15) is 0 Å². The molecule has 0 atom stereocenters. The van der Waals surface area contributed by atoms with Crippen molar-refractivity contribution in [1.29, 1.82) is 0 Å². The molecule has 0 fully saturated rings. The molecule has 0 saturated carbocycles. The molecule has 0 bridgehead atoms. The van der Waals surface area contributed by atoms with Gasteiger partial charge in [-0.1, -0.05) is 0 Å². The SMILES string of the molecule is CN(Cc1ccoc1)c1ccc(N)c(C(N)=O)c1. The maximum atomic E-state index is 11.2. The van der Waals surface area contributed by atoms with Crippen molar-refractivity contribution in [2.75, 3.05) is 17.7 Å². The molecule has 1 aromatic heterocycles. The Balaban J connectivity index is 2.22. The third-order valence-electron chi connectivity index (χ3n) is 2.74. The van der Waals surface area contributed by atoms with Crippen LogP contribution in [0.25, 0.3) is 0 Å². The van der Waals surface area contributed by atoms with Crippen molar-refractivity contribution in [1.82, 2.24) is 0 Å². The summed E-state index contributed by atoms with van der Waals surface area (Å²) in [5, 5.41) is 0. The number of carbonyl (C=O) groups excluding carboxylic acids is 1. The number of hydrogen-bond donors (Lipinski definition) is 2. The number of nitrogen functional groups attached to an aromatic ring is 1. The van der Waals surface area contributed by atoms with E-state index in [0.717, 1.165) is 11.3 Å². The molecule has 2 rings (SSSR count). The molecular weight excluding hydrogens is 230 g/mol. The van der Waals surface area contributed by atoms with Crippen LogP contribution >= 0.6 is 0 Å². The van der Waals surface area contributed by atoms with Crippen molar-refractivity contribution in [3.05, 3.63) is 47.9 Å². The Bertz CT molecular complexity index is 549. The quantitative estimate of drug-likeness (QED) is 0.801. The molecule has 18 heavy (non-hydrogen) atoms. The Morgan fingerprint density at radius 1 is 1.39 bits per heavy atom. The summed E-state index contributed by atoms with van der Waals surface area (Å²) in [6.45, 7) is 0.679. The van der Waals surface area contributed by atoms with Crippen LogP contribution < -0.4 is 16.4 Å².